The molecule has 1 atom stereocenters. The molecule has 2 aliphatic rings. The van der Waals surface area contributed by atoms with Gasteiger partial charge < -0.3 is 10.6 Å². The molecule has 1 saturated heterocycles. The van der Waals surface area contributed by atoms with Crippen LogP contribution in [0.4, 0.5) is 10.8 Å². The Labute approximate surface area is 119 Å². The lowest BCUT2D eigenvalue weighted by molar-refractivity contribution is 0.271. The zero-order valence-electron chi connectivity index (χ0n) is 11.9. The van der Waals surface area contributed by atoms with E-state index in [1.165, 1.54) is 49.3 Å². The predicted molar refractivity (Wildman–Crippen MR) is 82.0 cm³/mol. The highest BCUT2D eigenvalue weighted by atomic mass is 32.1. The summed E-state index contributed by atoms with van der Waals surface area (Å²) in [4.78, 5) is 4.98. The van der Waals surface area contributed by atoms with Crippen molar-refractivity contribution in [1.82, 2.24) is 9.27 Å². The molecular formula is C14H24N4S. The monoisotopic (exact) mass is 280 g/mol. The van der Waals surface area contributed by atoms with Crippen LogP contribution < -0.4 is 10.6 Å². The molecule has 0 radical (unpaired) electrons. The quantitative estimate of drug-likeness (QED) is 0.900. The lowest BCUT2D eigenvalue weighted by Crippen LogP contribution is -2.38. The first kappa shape index (κ1) is 13.2. The van der Waals surface area contributed by atoms with Crippen LogP contribution >= 0.6 is 11.5 Å². The number of rotatable bonds is 5. The second kappa shape index (κ2) is 5.29. The molecular weight excluding hydrogens is 256 g/mol. The third-order valence-corrected chi connectivity index (χ3v) is 5.45. The Morgan fingerprint density at radius 2 is 2.21 bits per heavy atom. The van der Waals surface area contributed by atoms with Crippen molar-refractivity contribution in [1.29, 1.82) is 0 Å². The van der Waals surface area contributed by atoms with Crippen molar-refractivity contribution in [2.24, 2.45) is 0 Å². The van der Waals surface area contributed by atoms with E-state index in [0.717, 1.165) is 12.4 Å². The van der Waals surface area contributed by atoms with Crippen LogP contribution in [0, 0.1) is 0 Å². The van der Waals surface area contributed by atoms with Gasteiger partial charge in [-0.25, -0.2) is 0 Å². The second-order valence-corrected chi connectivity index (χ2v) is 6.62. The number of hydrogen-bond donors (Lipinski definition) is 1. The van der Waals surface area contributed by atoms with E-state index in [0.29, 0.717) is 12.0 Å². The van der Waals surface area contributed by atoms with E-state index in [-0.39, 0.29) is 0 Å². The van der Waals surface area contributed by atoms with Gasteiger partial charge in [-0.05, 0) is 56.2 Å². The van der Waals surface area contributed by atoms with Gasteiger partial charge in [0.2, 0.25) is 0 Å². The number of likely N-dealkylation sites (N-methyl/N-ethyl adjacent to an activating group) is 2. The van der Waals surface area contributed by atoms with Gasteiger partial charge in [-0.2, -0.15) is 4.37 Å². The van der Waals surface area contributed by atoms with Gasteiger partial charge in [0.25, 0.3) is 0 Å². The van der Waals surface area contributed by atoms with Crippen molar-refractivity contribution in [3.63, 3.8) is 0 Å². The summed E-state index contributed by atoms with van der Waals surface area (Å²) in [7, 11) is 2.20. The van der Waals surface area contributed by atoms with Crippen LogP contribution in [-0.4, -0.2) is 42.0 Å². The fourth-order valence-electron chi connectivity index (χ4n) is 3.25. The Morgan fingerprint density at radius 3 is 2.89 bits per heavy atom. The fourth-order valence-corrected chi connectivity index (χ4v) is 4.12. The number of nitrogen functional groups attached to an aromatic ring is 1. The van der Waals surface area contributed by atoms with Gasteiger partial charge >= 0.3 is 0 Å². The molecule has 1 aromatic rings. The Morgan fingerprint density at radius 1 is 1.42 bits per heavy atom. The molecule has 0 spiro atoms. The molecule has 2 fully saturated rings. The summed E-state index contributed by atoms with van der Waals surface area (Å²) in [5.41, 5.74) is 7.37. The molecule has 1 aromatic heterocycles. The molecule has 0 bridgehead atoms. The summed E-state index contributed by atoms with van der Waals surface area (Å²) in [6.45, 7) is 5.79. The van der Waals surface area contributed by atoms with Crippen LogP contribution in [-0.2, 0) is 0 Å². The van der Waals surface area contributed by atoms with E-state index in [9.17, 15) is 0 Å². The van der Waals surface area contributed by atoms with Crippen molar-refractivity contribution in [3.8, 4) is 0 Å². The van der Waals surface area contributed by atoms with Gasteiger partial charge in [-0.15, -0.1) is 0 Å². The summed E-state index contributed by atoms with van der Waals surface area (Å²) >= 11 is 1.58. The van der Waals surface area contributed by atoms with Crippen molar-refractivity contribution in [3.05, 3.63) is 5.56 Å². The molecule has 3 rings (SSSR count). The van der Waals surface area contributed by atoms with Gasteiger partial charge in [-0.3, -0.25) is 4.90 Å². The van der Waals surface area contributed by atoms with Crippen molar-refractivity contribution >= 4 is 22.4 Å². The van der Waals surface area contributed by atoms with Gasteiger partial charge in [0, 0.05) is 25.2 Å². The Bertz CT molecular complexity index is 441. The van der Waals surface area contributed by atoms with Crippen LogP contribution in [0.5, 0.6) is 0 Å². The molecule has 4 nitrogen and oxygen atoms in total. The highest BCUT2D eigenvalue weighted by molar-refractivity contribution is 7.10. The Balaban J connectivity index is 1.71. The number of aromatic nitrogens is 1. The molecule has 1 saturated carbocycles. The summed E-state index contributed by atoms with van der Waals surface area (Å²) in [5.74, 6) is 1.45. The molecule has 0 amide bonds. The zero-order chi connectivity index (χ0) is 13.4. The summed E-state index contributed by atoms with van der Waals surface area (Å²) in [5, 5.41) is 1.31. The van der Waals surface area contributed by atoms with Gasteiger partial charge in [0.1, 0.15) is 10.8 Å². The molecule has 1 unspecified atom stereocenters. The standard InChI is InChI=1S/C14H24N4S/c1-3-18-8-4-5-11(18)9-17(2)14-12(10-6-7-10)13(15)16-19-14/h10-11H,3-9H2,1-2H3,(H2,15,16). The third kappa shape index (κ3) is 2.58. The summed E-state index contributed by atoms with van der Waals surface area (Å²) in [6, 6.07) is 0.699. The summed E-state index contributed by atoms with van der Waals surface area (Å²) < 4.78 is 4.38. The molecule has 106 valence electrons. The minimum atomic E-state index is 0.682. The van der Waals surface area contributed by atoms with E-state index < -0.39 is 0 Å². The Kier molecular flexibility index (Phi) is 3.67. The van der Waals surface area contributed by atoms with Crippen LogP contribution in [0.3, 0.4) is 0 Å². The highest BCUT2D eigenvalue weighted by Crippen LogP contribution is 2.48. The normalized spacial score (nSPS) is 24.0. The molecule has 2 heterocycles. The van der Waals surface area contributed by atoms with E-state index in [1.54, 1.807) is 11.5 Å². The van der Waals surface area contributed by atoms with E-state index in [2.05, 4.69) is 28.1 Å². The molecule has 1 aliphatic heterocycles. The van der Waals surface area contributed by atoms with E-state index >= 15 is 0 Å². The Hall–Kier alpha value is -0.810. The predicted octanol–water partition coefficient (Wildman–Crippen LogP) is 2.52. The highest BCUT2D eigenvalue weighted by Gasteiger charge is 2.32. The van der Waals surface area contributed by atoms with Crippen molar-refractivity contribution in [2.75, 3.05) is 37.3 Å². The van der Waals surface area contributed by atoms with Crippen molar-refractivity contribution < 1.29 is 0 Å². The number of nitrogens with zero attached hydrogens (tertiary/aromatic N) is 3. The minimum absolute atomic E-state index is 0.682. The smallest absolute Gasteiger partial charge is 0.142 e. The first-order valence-corrected chi connectivity index (χ1v) is 8.18. The zero-order valence-corrected chi connectivity index (χ0v) is 12.7. The van der Waals surface area contributed by atoms with Crippen LogP contribution in [0.25, 0.3) is 0 Å². The van der Waals surface area contributed by atoms with E-state index in [1.807, 2.05) is 0 Å². The lowest BCUT2D eigenvalue weighted by atomic mass is 10.1. The molecule has 0 aromatic carbocycles. The van der Waals surface area contributed by atoms with Crippen LogP contribution in [0.15, 0.2) is 0 Å². The number of likely N-dealkylation sites (tertiary alicyclic amines) is 1. The first-order valence-electron chi connectivity index (χ1n) is 7.41. The SMILES string of the molecule is CCN1CCCC1CN(C)c1snc(N)c1C1CC1. The lowest BCUT2D eigenvalue weighted by Gasteiger charge is -2.28. The molecule has 2 N–H and O–H groups in total. The topological polar surface area (TPSA) is 45.4 Å². The fraction of sp³-hybridized carbons (Fsp3) is 0.786. The van der Waals surface area contributed by atoms with Gasteiger partial charge in [0.05, 0.1) is 0 Å². The van der Waals surface area contributed by atoms with Gasteiger partial charge in [-0.1, -0.05) is 6.92 Å². The van der Waals surface area contributed by atoms with Crippen molar-refractivity contribution in [2.45, 2.75) is 44.6 Å². The largest absolute Gasteiger partial charge is 0.383 e. The number of anilines is 2. The number of hydrogen-bond acceptors (Lipinski definition) is 5. The third-order valence-electron chi connectivity index (χ3n) is 4.46. The minimum Gasteiger partial charge on any atom is -0.383 e. The van der Waals surface area contributed by atoms with Gasteiger partial charge in [0.15, 0.2) is 0 Å². The maximum absolute atomic E-state index is 6.04. The number of nitrogens with two attached hydrogens (primary N) is 1. The molecule has 5 heteroatoms. The average molecular weight is 280 g/mol. The maximum Gasteiger partial charge on any atom is 0.142 e. The maximum atomic E-state index is 6.04. The average Bonchev–Trinajstić information content (AvgIpc) is 3.01. The summed E-state index contributed by atoms with van der Waals surface area (Å²) in [6.07, 6.45) is 5.24. The van der Waals surface area contributed by atoms with E-state index in [4.69, 9.17) is 5.73 Å². The second-order valence-electron chi connectivity index (χ2n) is 5.87. The molecule has 19 heavy (non-hydrogen) atoms. The van der Waals surface area contributed by atoms with Crippen LogP contribution in [0.1, 0.15) is 44.1 Å². The molecule has 1 aliphatic carbocycles. The van der Waals surface area contributed by atoms with Crippen LogP contribution in [0.2, 0.25) is 0 Å². The first-order chi connectivity index (χ1) is 9.20.